The summed E-state index contributed by atoms with van der Waals surface area (Å²) in [5, 5.41) is 9.79. The van der Waals surface area contributed by atoms with Crippen LogP contribution in [0, 0.1) is 11.3 Å². The van der Waals surface area contributed by atoms with Gasteiger partial charge in [0.25, 0.3) is 0 Å². The lowest BCUT2D eigenvalue weighted by Crippen LogP contribution is -2.52. The summed E-state index contributed by atoms with van der Waals surface area (Å²) in [6.07, 6.45) is 2.11. The van der Waals surface area contributed by atoms with Gasteiger partial charge < -0.3 is 14.9 Å². The van der Waals surface area contributed by atoms with Crippen LogP contribution in [0.3, 0.4) is 0 Å². The van der Waals surface area contributed by atoms with Crippen LogP contribution in [0.15, 0.2) is 24.3 Å². The monoisotopic (exact) mass is 372 g/mol. The number of hydrogen-bond donors (Lipinski definition) is 1. The molecule has 1 saturated heterocycles. The third kappa shape index (κ3) is 3.84. The molecule has 1 aromatic rings. The number of hydrogen-bond acceptors (Lipinski definition) is 3. The molecule has 2 atom stereocenters. The van der Waals surface area contributed by atoms with Crippen molar-refractivity contribution >= 4 is 17.8 Å². The van der Waals surface area contributed by atoms with Crippen molar-refractivity contribution in [2.45, 2.75) is 46.1 Å². The Labute approximate surface area is 160 Å². The van der Waals surface area contributed by atoms with Gasteiger partial charge in [0.15, 0.2) is 6.04 Å². The summed E-state index contributed by atoms with van der Waals surface area (Å²) in [4.78, 5) is 41.1. The van der Waals surface area contributed by atoms with Gasteiger partial charge in [-0.25, -0.2) is 4.79 Å². The topological polar surface area (TPSA) is 77.9 Å². The molecule has 1 fully saturated rings. The maximum Gasteiger partial charge on any atom is 0.331 e. The molecule has 146 valence electrons. The van der Waals surface area contributed by atoms with E-state index in [9.17, 15) is 19.5 Å². The van der Waals surface area contributed by atoms with Crippen molar-refractivity contribution in [3.8, 4) is 0 Å². The van der Waals surface area contributed by atoms with E-state index >= 15 is 0 Å². The largest absolute Gasteiger partial charge is 0.479 e. The van der Waals surface area contributed by atoms with Crippen LogP contribution in [0.1, 0.15) is 50.8 Å². The Bertz CT molecular complexity index is 753. The molecule has 1 N–H and O–H groups in total. The molecule has 2 unspecified atom stereocenters. The second-order valence-electron chi connectivity index (χ2n) is 8.56. The third-order valence-corrected chi connectivity index (χ3v) is 5.50. The minimum Gasteiger partial charge on any atom is -0.479 e. The van der Waals surface area contributed by atoms with Crippen LogP contribution in [-0.2, 0) is 20.8 Å². The number of carbonyl (C=O) groups is 3. The number of fused-ring (bicyclic) bond motifs is 1. The zero-order valence-corrected chi connectivity index (χ0v) is 16.3. The maximum absolute atomic E-state index is 13.2. The zero-order valence-electron chi connectivity index (χ0n) is 16.3. The number of benzene rings is 1. The Hall–Kier alpha value is -2.37. The summed E-state index contributed by atoms with van der Waals surface area (Å²) < 4.78 is 0. The first-order chi connectivity index (χ1) is 12.7. The fourth-order valence-corrected chi connectivity index (χ4v) is 4.14. The number of piperidine rings is 1. The molecule has 0 aromatic heterocycles. The van der Waals surface area contributed by atoms with Crippen molar-refractivity contribution < 1.29 is 19.5 Å². The molecule has 2 amide bonds. The van der Waals surface area contributed by atoms with Gasteiger partial charge in [0.05, 0.1) is 5.92 Å². The minimum atomic E-state index is -1.01. The summed E-state index contributed by atoms with van der Waals surface area (Å²) in [5.41, 5.74) is 1.20. The molecule has 1 aromatic carbocycles. The summed E-state index contributed by atoms with van der Waals surface area (Å²) in [6, 6.07) is 6.48. The predicted molar refractivity (Wildman–Crippen MR) is 101 cm³/mol. The lowest BCUT2D eigenvalue weighted by Gasteiger charge is -2.40. The van der Waals surface area contributed by atoms with Crippen molar-refractivity contribution in [3.63, 3.8) is 0 Å². The number of rotatable bonds is 2. The number of amides is 2. The highest BCUT2D eigenvalue weighted by Gasteiger charge is 2.40. The minimum absolute atomic E-state index is 0.0405. The number of carbonyl (C=O) groups excluding carboxylic acids is 2. The van der Waals surface area contributed by atoms with E-state index in [0.29, 0.717) is 38.0 Å². The Kier molecular flexibility index (Phi) is 5.27. The van der Waals surface area contributed by atoms with Gasteiger partial charge in [0.1, 0.15) is 0 Å². The molecular formula is C21H28N2O4. The van der Waals surface area contributed by atoms with Gasteiger partial charge in [-0.3, -0.25) is 9.59 Å². The molecule has 0 spiro atoms. The van der Waals surface area contributed by atoms with Gasteiger partial charge in [-0.15, -0.1) is 0 Å². The summed E-state index contributed by atoms with van der Waals surface area (Å²) in [5.74, 6) is -1.45. The van der Waals surface area contributed by atoms with Crippen molar-refractivity contribution in [1.29, 1.82) is 0 Å². The fraction of sp³-hybridized carbons (Fsp3) is 0.571. The Morgan fingerprint density at radius 3 is 2.48 bits per heavy atom. The first-order valence-electron chi connectivity index (χ1n) is 9.60. The van der Waals surface area contributed by atoms with Crippen molar-refractivity contribution in [2.75, 3.05) is 19.6 Å². The van der Waals surface area contributed by atoms with E-state index in [1.807, 2.05) is 39.0 Å². The molecule has 6 nitrogen and oxygen atoms in total. The Morgan fingerprint density at radius 1 is 1.11 bits per heavy atom. The summed E-state index contributed by atoms with van der Waals surface area (Å²) in [7, 11) is 0. The molecule has 0 saturated carbocycles. The molecule has 0 aliphatic carbocycles. The first kappa shape index (κ1) is 19.4. The number of carboxylic acids is 1. The average Bonchev–Trinajstić information content (AvgIpc) is 2.65. The Morgan fingerprint density at radius 2 is 1.81 bits per heavy atom. The van der Waals surface area contributed by atoms with Crippen LogP contribution in [0.25, 0.3) is 0 Å². The van der Waals surface area contributed by atoms with E-state index in [4.69, 9.17) is 0 Å². The quantitative estimate of drug-likeness (QED) is 0.865. The molecule has 6 heteroatoms. The van der Waals surface area contributed by atoms with Gasteiger partial charge in [-0.2, -0.15) is 0 Å². The van der Waals surface area contributed by atoms with Crippen LogP contribution in [-0.4, -0.2) is 52.3 Å². The highest BCUT2D eigenvalue weighted by atomic mass is 16.4. The van der Waals surface area contributed by atoms with Crippen molar-refractivity contribution in [2.24, 2.45) is 11.3 Å². The molecular weight excluding hydrogens is 344 g/mol. The van der Waals surface area contributed by atoms with E-state index < -0.39 is 17.4 Å². The van der Waals surface area contributed by atoms with Crippen LogP contribution < -0.4 is 0 Å². The molecule has 2 aliphatic rings. The van der Waals surface area contributed by atoms with Crippen LogP contribution in [0.2, 0.25) is 0 Å². The van der Waals surface area contributed by atoms with Crippen LogP contribution in [0.5, 0.6) is 0 Å². The fourth-order valence-electron chi connectivity index (χ4n) is 4.14. The lowest BCUT2D eigenvalue weighted by atomic mass is 9.88. The average molecular weight is 372 g/mol. The summed E-state index contributed by atoms with van der Waals surface area (Å²) in [6.45, 7) is 7.06. The SMILES string of the molecule is CC(C)(C)C(=O)N1CCCC(C(=O)N2CCc3ccccc3C2C(=O)O)C1. The van der Waals surface area contributed by atoms with E-state index in [2.05, 4.69) is 0 Å². The van der Waals surface area contributed by atoms with Gasteiger partial charge in [-0.1, -0.05) is 45.0 Å². The molecule has 27 heavy (non-hydrogen) atoms. The first-order valence-corrected chi connectivity index (χ1v) is 9.60. The number of likely N-dealkylation sites (tertiary alicyclic amines) is 1. The number of carboxylic acid groups (broad SMARTS) is 1. The van der Waals surface area contributed by atoms with E-state index in [-0.39, 0.29) is 17.7 Å². The molecule has 3 rings (SSSR count). The Balaban J connectivity index is 1.80. The molecule has 2 heterocycles. The van der Waals surface area contributed by atoms with Gasteiger partial charge >= 0.3 is 5.97 Å². The van der Waals surface area contributed by atoms with Crippen LogP contribution >= 0.6 is 0 Å². The second kappa shape index (κ2) is 7.33. The van der Waals surface area contributed by atoms with Gasteiger partial charge in [0.2, 0.25) is 11.8 Å². The van der Waals surface area contributed by atoms with Gasteiger partial charge in [0, 0.05) is 25.0 Å². The molecule has 0 radical (unpaired) electrons. The number of nitrogens with zero attached hydrogens (tertiary/aromatic N) is 2. The lowest BCUT2D eigenvalue weighted by molar-refractivity contribution is -0.155. The predicted octanol–water partition coefficient (Wildman–Crippen LogP) is 2.48. The normalized spacial score (nSPS) is 22.9. The van der Waals surface area contributed by atoms with E-state index in [1.165, 1.54) is 4.90 Å². The number of aliphatic carboxylic acids is 1. The molecule has 2 aliphatic heterocycles. The maximum atomic E-state index is 13.2. The summed E-state index contributed by atoms with van der Waals surface area (Å²) >= 11 is 0. The third-order valence-electron chi connectivity index (χ3n) is 5.50. The van der Waals surface area contributed by atoms with Gasteiger partial charge in [-0.05, 0) is 30.4 Å². The molecule has 0 bridgehead atoms. The van der Waals surface area contributed by atoms with Crippen LogP contribution in [0.4, 0.5) is 0 Å². The van der Waals surface area contributed by atoms with E-state index in [0.717, 1.165) is 12.0 Å². The highest BCUT2D eigenvalue weighted by Crippen LogP contribution is 2.33. The van der Waals surface area contributed by atoms with Crippen molar-refractivity contribution in [1.82, 2.24) is 9.80 Å². The second-order valence-corrected chi connectivity index (χ2v) is 8.56. The van der Waals surface area contributed by atoms with Crippen molar-refractivity contribution in [3.05, 3.63) is 35.4 Å². The zero-order chi connectivity index (χ0) is 19.8. The smallest absolute Gasteiger partial charge is 0.331 e. The highest BCUT2D eigenvalue weighted by molar-refractivity contribution is 5.88. The van der Waals surface area contributed by atoms with E-state index in [1.54, 1.807) is 11.0 Å². The standard InChI is InChI=1S/C21H28N2O4/c1-21(2,3)20(27)22-11-6-8-15(13-22)18(24)23-12-10-14-7-4-5-9-16(14)17(23)19(25)26/h4-5,7,9,15,17H,6,8,10-13H2,1-3H3,(H,25,26).